The molecule has 0 bridgehead atoms. The van der Waals surface area contributed by atoms with Crippen LogP contribution in [0.5, 0.6) is 0 Å². The molecule has 342 valence electrons. The Balaban J connectivity index is 2.29. The zero-order chi connectivity index (χ0) is 46.7. The Morgan fingerprint density at radius 1 is 0.694 bits per heavy atom. The third-order valence-corrected chi connectivity index (χ3v) is 9.34. The molecule has 7 atom stereocenters. The largest absolute Gasteiger partial charge is 0.481 e. The first-order chi connectivity index (χ1) is 29.1. The number of nitrogens with one attached hydrogen (secondary N) is 6. The minimum atomic E-state index is -1.75. The molecule has 62 heavy (non-hydrogen) atoms. The molecular weight excluding hydrogens is 824 g/mol. The molecule has 13 N–H and O–H groups in total. The van der Waals surface area contributed by atoms with Gasteiger partial charge in [-0.05, 0) is 37.2 Å². The number of carbonyl (C=O) groups is 11. The molecule has 7 amide bonds. The first-order valence-electron chi connectivity index (χ1n) is 19.5. The number of carboxylic acid groups (broad SMARTS) is 4. The second-order valence-electron chi connectivity index (χ2n) is 14.8. The van der Waals surface area contributed by atoms with Gasteiger partial charge in [0.15, 0.2) is 0 Å². The van der Waals surface area contributed by atoms with Crippen molar-refractivity contribution >= 4 is 65.2 Å². The highest BCUT2D eigenvalue weighted by atomic mass is 16.4. The average Bonchev–Trinajstić information content (AvgIpc) is 3.70. The van der Waals surface area contributed by atoms with E-state index in [1.807, 2.05) is 0 Å². The van der Waals surface area contributed by atoms with Crippen molar-refractivity contribution < 1.29 is 78.3 Å². The van der Waals surface area contributed by atoms with E-state index < -0.39 is 146 Å². The molecule has 0 spiro atoms. The van der Waals surface area contributed by atoms with Gasteiger partial charge in [0.25, 0.3) is 0 Å². The van der Waals surface area contributed by atoms with Gasteiger partial charge in [-0.1, -0.05) is 44.2 Å². The molecule has 0 aromatic heterocycles. The number of amides is 7. The number of aliphatic hydroxyl groups excluding tert-OH is 1. The van der Waals surface area contributed by atoms with Crippen molar-refractivity contribution in [1.29, 1.82) is 0 Å². The van der Waals surface area contributed by atoms with E-state index in [4.69, 9.17) is 10.8 Å². The molecule has 1 aromatic rings. The van der Waals surface area contributed by atoms with Crippen molar-refractivity contribution in [2.24, 2.45) is 11.7 Å². The Hall–Kier alpha value is -6.69. The maximum absolute atomic E-state index is 13.8. The first-order valence-corrected chi connectivity index (χ1v) is 19.5. The first kappa shape index (κ1) is 51.5. The molecule has 2 rings (SSSR count). The Labute approximate surface area is 354 Å². The van der Waals surface area contributed by atoms with Crippen molar-refractivity contribution in [3.63, 3.8) is 0 Å². The quantitative estimate of drug-likeness (QED) is 0.0422. The molecular formula is C38H54N8O16. The van der Waals surface area contributed by atoms with Crippen LogP contribution in [0.1, 0.15) is 64.4 Å². The zero-order valence-corrected chi connectivity index (χ0v) is 34.0. The van der Waals surface area contributed by atoms with Gasteiger partial charge in [0.1, 0.15) is 42.3 Å². The Morgan fingerprint density at radius 3 is 1.81 bits per heavy atom. The molecule has 0 aliphatic carbocycles. The van der Waals surface area contributed by atoms with Crippen LogP contribution in [0, 0.1) is 5.92 Å². The van der Waals surface area contributed by atoms with Gasteiger partial charge in [-0.15, -0.1) is 0 Å². The number of likely N-dealkylation sites (tertiary alicyclic amines) is 1. The molecule has 0 saturated carbocycles. The lowest BCUT2D eigenvalue weighted by Crippen LogP contribution is -2.59. The Morgan fingerprint density at radius 2 is 1.24 bits per heavy atom. The van der Waals surface area contributed by atoms with Gasteiger partial charge >= 0.3 is 23.9 Å². The molecule has 1 aliphatic heterocycles. The maximum Gasteiger partial charge on any atom is 0.326 e. The fraction of sp³-hybridized carbons (Fsp3) is 0.553. The summed E-state index contributed by atoms with van der Waals surface area (Å²) in [5.41, 5.74) is 5.92. The monoisotopic (exact) mass is 878 g/mol. The van der Waals surface area contributed by atoms with Gasteiger partial charge in [-0.25, -0.2) is 4.79 Å². The van der Waals surface area contributed by atoms with Crippen molar-refractivity contribution in [1.82, 2.24) is 36.8 Å². The molecule has 24 nitrogen and oxygen atoms in total. The highest BCUT2D eigenvalue weighted by Crippen LogP contribution is 2.19. The van der Waals surface area contributed by atoms with Crippen molar-refractivity contribution in [3.8, 4) is 0 Å². The van der Waals surface area contributed by atoms with Gasteiger partial charge in [-0.2, -0.15) is 0 Å². The molecule has 1 heterocycles. The van der Waals surface area contributed by atoms with E-state index in [2.05, 4.69) is 31.9 Å². The van der Waals surface area contributed by atoms with E-state index in [0.29, 0.717) is 12.0 Å². The summed E-state index contributed by atoms with van der Waals surface area (Å²) in [7, 11) is 0. The number of aliphatic hydroxyl groups is 1. The van der Waals surface area contributed by atoms with Crippen molar-refractivity contribution in [2.45, 2.75) is 108 Å². The van der Waals surface area contributed by atoms with Crippen LogP contribution in [0.25, 0.3) is 0 Å². The third kappa shape index (κ3) is 17.5. The minimum Gasteiger partial charge on any atom is -0.481 e. The predicted molar refractivity (Wildman–Crippen MR) is 211 cm³/mol. The Kier molecular flexibility index (Phi) is 20.9. The summed E-state index contributed by atoms with van der Waals surface area (Å²) < 4.78 is 0. The standard InChI is InChI=1S/C38H54N8O16/c1-19(2)13-23(43-36(59)25(15-30(51)52)42-32(55)21(39)18-47)33(56)40-17-28(48)41-22(10-11-29(49)50)34(57)44-24(14-20-7-4-3-5-8-20)35(58)45-26(16-31(53)54)37(60)46-12-6-9-27(46)38(61)62/h3-5,7-8,19,21-27,47H,6,9-18,39H2,1-2H3,(H,40,56)(H,41,48)(H,42,55)(H,43,59)(H,44,57)(H,45,58)(H,49,50)(H,51,52)(H,53,54)(H,61,62)/t21-,22-,23-,24-,25-,26-,27-/m0/s1. The molecule has 0 radical (unpaired) electrons. The topological polar surface area (TPSA) is 390 Å². The van der Waals surface area contributed by atoms with Gasteiger partial charge in [0, 0.05) is 19.4 Å². The number of rotatable bonds is 26. The highest BCUT2D eigenvalue weighted by Gasteiger charge is 2.39. The highest BCUT2D eigenvalue weighted by molar-refractivity contribution is 5.98. The predicted octanol–water partition coefficient (Wildman–Crippen LogP) is -3.98. The lowest BCUT2D eigenvalue weighted by Gasteiger charge is -2.28. The van der Waals surface area contributed by atoms with Gasteiger partial charge in [0.05, 0.1) is 26.0 Å². The smallest absolute Gasteiger partial charge is 0.326 e. The second kappa shape index (κ2) is 25.2. The number of carboxylic acids is 4. The zero-order valence-electron chi connectivity index (χ0n) is 34.0. The lowest BCUT2D eigenvalue weighted by atomic mass is 10.0. The van der Waals surface area contributed by atoms with Gasteiger partial charge in [-0.3, -0.25) is 47.9 Å². The molecule has 1 saturated heterocycles. The van der Waals surface area contributed by atoms with Crippen LogP contribution in [0.4, 0.5) is 0 Å². The SMILES string of the molecule is CC(C)C[C@H](NC(=O)[C@H](CC(=O)O)NC(=O)[C@@H](N)CO)C(=O)NCC(=O)N[C@@H](CCC(=O)O)C(=O)N[C@@H](Cc1ccccc1)C(=O)N[C@@H](CC(=O)O)C(=O)N1CCC[C@H]1C(=O)O. The van der Waals surface area contributed by atoms with E-state index in [0.717, 1.165) is 4.90 Å². The number of hydrogen-bond acceptors (Lipinski definition) is 13. The van der Waals surface area contributed by atoms with E-state index in [-0.39, 0.29) is 31.7 Å². The molecule has 1 aliphatic rings. The number of nitrogens with two attached hydrogens (primary N) is 1. The van der Waals surface area contributed by atoms with E-state index in [1.54, 1.807) is 44.2 Å². The maximum atomic E-state index is 13.8. The summed E-state index contributed by atoms with van der Waals surface area (Å²) in [6, 6.07) is -2.76. The van der Waals surface area contributed by atoms with Crippen LogP contribution in [0.15, 0.2) is 30.3 Å². The summed E-state index contributed by atoms with van der Waals surface area (Å²) in [6.45, 7) is 1.68. The Bertz CT molecular complexity index is 1810. The lowest BCUT2D eigenvalue weighted by molar-refractivity contribution is -0.150. The molecule has 0 unspecified atom stereocenters. The molecule has 1 fully saturated rings. The van der Waals surface area contributed by atoms with Crippen LogP contribution in [0.3, 0.4) is 0 Å². The van der Waals surface area contributed by atoms with Gasteiger partial charge in [0.2, 0.25) is 41.4 Å². The van der Waals surface area contributed by atoms with E-state index in [1.165, 1.54) is 0 Å². The number of hydrogen-bond donors (Lipinski definition) is 12. The molecule has 24 heteroatoms. The second-order valence-corrected chi connectivity index (χ2v) is 14.8. The summed E-state index contributed by atoms with van der Waals surface area (Å²) in [4.78, 5) is 140. The van der Waals surface area contributed by atoms with Crippen LogP contribution < -0.4 is 37.6 Å². The van der Waals surface area contributed by atoms with E-state index >= 15 is 0 Å². The van der Waals surface area contributed by atoms with E-state index in [9.17, 15) is 73.2 Å². The normalized spacial score (nSPS) is 16.3. The van der Waals surface area contributed by atoms with Crippen molar-refractivity contribution in [3.05, 3.63) is 35.9 Å². The number of benzene rings is 1. The van der Waals surface area contributed by atoms with Crippen LogP contribution in [0.2, 0.25) is 0 Å². The summed E-state index contributed by atoms with van der Waals surface area (Å²) in [5, 5.41) is 60.6. The summed E-state index contributed by atoms with van der Waals surface area (Å²) in [5.74, 6) is -13.2. The fourth-order valence-electron chi connectivity index (χ4n) is 6.26. The summed E-state index contributed by atoms with van der Waals surface area (Å²) in [6.07, 6.45) is -2.96. The van der Waals surface area contributed by atoms with Crippen molar-refractivity contribution in [2.75, 3.05) is 19.7 Å². The third-order valence-electron chi connectivity index (χ3n) is 9.34. The van der Waals surface area contributed by atoms with Crippen LogP contribution >= 0.6 is 0 Å². The fourth-order valence-corrected chi connectivity index (χ4v) is 6.26. The summed E-state index contributed by atoms with van der Waals surface area (Å²) >= 11 is 0. The molecule has 1 aromatic carbocycles. The average molecular weight is 879 g/mol. The number of nitrogens with zero attached hydrogens (tertiary/aromatic N) is 1. The number of aliphatic carboxylic acids is 4. The van der Waals surface area contributed by atoms with Crippen LogP contribution in [-0.4, -0.2) is 158 Å². The van der Waals surface area contributed by atoms with Gasteiger partial charge < -0.3 is 68.1 Å². The number of carbonyl (C=O) groups excluding carboxylic acids is 7. The minimum absolute atomic E-state index is 0.0149. The van der Waals surface area contributed by atoms with Crippen LogP contribution in [-0.2, 0) is 59.2 Å².